The minimum absolute atomic E-state index is 0.642. The molecule has 0 saturated heterocycles. The van der Waals surface area contributed by atoms with E-state index in [4.69, 9.17) is 5.26 Å². The Balaban J connectivity index is 2.10. The molecule has 0 aliphatic rings. The Morgan fingerprint density at radius 3 is 2.37 bits per heavy atom. The standard InChI is InChI=1S/C14H9Br3N2/c15-11-3-1-10(6-12(11)16)8-19-14-4-2-9(7-18)5-13(14)17/h1-6,19H,8H2. The van der Waals surface area contributed by atoms with Gasteiger partial charge in [-0.15, -0.1) is 0 Å². The summed E-state index contributed by atoms with van der Waals surface area (Å²) in [7, 11) is 0. The summed E-state index contributed by atoms with van der Waals surface area (Å²) >= 11 is 10.4. The number of rotatable bonds is 3. The van der Waals surface area contributed by atoms with Gasteiger partial charge in [-0.1, -0.05) is 6.07 Å². The summed E-state index contributed by atoms with van der Waals surface area (Å²) in [6.45, 7) is 0.719. The molecule has 0 unspecified atom stereocenters. The molecule has 0 heterocycles. The fourth-order valence-electron chi connectivity index (χ4n) is 1.57. The Morgan fingerprint density at radius 1 is 0.947 bits per heavy atom. The molecule has 0 spiro atoms. The van der Waals surface area contributed by atoms with Crippen molar-refractivity contribution in [2.45, 2.75) is 6.54 Å². The van der Waals surface area contributed by atoms with E-state index < -0.39 is 0 Å². The van der Waals surface area contributed by atoms with Crippen molar-refractivity contribution in [2.75, 3.05) is 5.32 Å². The number of nitriles is 1. The SMILES string of the molecule is N#Cc1ccc(NCc2ccc(Br)c(Br)c2)c(Br)c1. The van der Waals surface area contributed by atoms with E-state index in [-0.39, 0.29) is 0 Å². The highest BCUT2D eigenvalue weighted by molar-refractivity contribution is 9.13. The highest BCUT2D eigenvalue weighted by atomic mass is 79.9. The minimum Gasteiger partial charge on any atom is -0.380 e. The molecule has 2 aromatic rings. The van der Waals surface area contributed by atoms with E-state index in [1.165, 1.54) is 5.56 Å². The molecule has 1 N–H and O–H groups in total. The van der Waals surface area contributed by atoms with Gasteiger partial charge in [0.25, 0.3) is 0 Å². The van der Waals surface area contributed by atoms with Crippen LogP contribution in [0.1, 0.15) is 11.1 Å². The van der Waals surface area contributed by atoms with E-state index in [2.05, 4.69) is 71.3 Å². The second kappa shape index (κ2) is 6.56. The summed E-state index contributed by atoms with van der Waals surface area (Å²) in [5.41, 5.74) is 2.79. The zero-order valence-corrected chi connectivity index (χ0v) is 14.5. The quantitative estimate of drug-likeness (QED) is 0.682. The fraction of sp³-hybridized carbons (Fsp3) is 0.0714. The minimum atomic E-state index is 0.642. The third-order valence-electron chi connectivity index (χ3n) is 2.57. The van der Waals surface area contributed by atoms with Crippen molar-refractivity contribution in [3.05, 3.63) is 60.9 Å². The van der Waals surface area contributed by atoms with E-state index in [9.17, 15) is 0 Å². The number of nitrogens with zero attached hydrogens (tertiary/aromatic N) is 1. The molecule has 2 rings (SSSR count). The number of nitrogens with one attached hydrogen (secondary N) is 1. The molecule has 19 heavy (non-hydrogen) atoms. The highest BCUT2D eigenvalue weighted by Crippen LogP contribution is 2.26. The number of hydrogen-bond donors (Lipinski definition) is 1. The van der Waals surface area contributed by atoms with Crippen LogP contribution >= 0.6 is 47.8 Å². The second-order valence-corrected chi connectivity index (χ2v) is 6.47. The van der Waals surface area contributed by atoms with Gasteiger partial charge >= 0.3 is 0 Å². The molecule has 0 aromatic heterocycles. The van der Waals surface area contributed by atoms with Crippen molar-refractivity contribution in [1.29, 1.82) is 5.26 Å². The third kappa shape index (κ3) is 3.82. The second-order valence-electron chi connectivity index (χ2n) is 3.91. The average molecular weight is 445 g/mol. The Hall–Kier alpha value is -0.830. The van der Waals surface area contributed by atoms with Crippen LogP contribution in [0, 0.1) is 11.3 Å². The number of anilines is 1. The van der Waals surface area contributed by atoms with Gasteiger partial charge in [-0.05, 0) is 83.7 Å². The van der Waals surface area contributed by atoms with Gasteiger partial charge in [0.2, 0.25) is 0 Å². The lowest BCUT2D eigenvalue weighted by molar-refractivity contribution is 1.14. The van der Waals surface area contributed by atoms with E-state index in [1.54, 1.807) is 12.1 Å². The molecule has 0 saturated carbocycles. The van der Waals surface area contributed by atoms with Crippen LogP contribution < -0.4 is 5.32 Å². The maximum absolute atomic E-state index is 8.82. The summed E-state index contributed by atoms with van der Waals surface area (Å²) in [4.78, 5) is 0. The fourth-order valence-corrected chi connectivity index (χ4v) is 2.77. The van der Waals surface area contributed by atoms with Crippen molar-refractivity contribution >= 4 is 53.5 Å². The lowest BCUT2D eigenvalue weighted by Gasteiger charge is -2.09. The number of hydrogen-bond acceptors (Lipinski definition) is 2. The van der Waals surface area contributed by atoms with Gasteiger partial charge < -0.3 is 5.32 Å². The largest absolute Gasteiger partial charge is 0.380 e. The van der Waals surface area contributed by atoms with Gasteiger partial charge in [-0.2, -0.15) is 5.26 Å². The van der Waals surface area contributed by atoms with Crippen LogP contribution in [-0.4, -0.2) is 0 Å². The summed E-state index contributed by atoms with van der Waals surface area (Å²) in [6.07, 6.45) is 0. The van der Waals surface area contributed by atoms with Crippen molar-refractivity contribution in [3.63, 3.8) is 0 Å². The molecule has 5 heteroatoms. The maximum Gasteiger partial charge on any atom is 0.0992 e. The zero-order chi connectivity index (χ0) is 13.8. The third-order valence-corrected chi connectivity index (χ3v) is 5.10. The van der Waals surface area contributed by atoms with Crippen LogP contribution in [0.2, 0.25) is 0 Å². The summed E-state index contributed by atoms with van der Waals surface area (Å²) in [5, 5.41) is 12.2. The molecular formula is C14H9Br3N2. The topological polar surface area (TPSA) is 35.8 Å². The maximum atomic E-state index is 8.82. The molecule has 0 atom stereocenters. The molecule has 0 aliphatic carbocycles. The zero-order valence-electron chi connectivity index (χ0n) is 9.75. The summed E-state index contributed by atoms with van der Waals surface area (Å²) < 4.78 is 2.96. The molecule has 96 valence electrons. The van der Waals surface area contributed by atoms with Gasteiger partial charge in [-0.3, -0.25) is 0 Å². The monoisotopic (exact) mass is 442 g/mol. The Kier molecular flexibility index (Phi) is 5.03. The first-order chi connectivity index (χ1) is 9.10. The van der Waals surface area contributed by atoms with E-state index in [1.807, 2.05) is 12.1 Å². The molecule has 0 radical (unpaired) electrons. The predicted octanol–water partition coefficient (Wildman–Crippen LogP) is 5.46. The first-order valence-electron chi connectivity index (χ1n) is 5.47. The summed E-state index contributed by atoms with van der Waals surface area (Å²) in [6, 6.07) is 13.7. The smallest absolute Gasteiger partial charge is 0.0992 e. The normalized spacial score (nSPS) is 10.0. The van der Waals surface area contributed by atoms with E-state index in [0.29, 0.717) is 5.56 Å². The van der Waals surface area contributed by atoms with Crippen LogP contribution in [0.4, 0.5) is 5.69 Å². The lowest BCUT2D eigenvalue weighted by atomic mass is 10.2. The highest BCUT2D eigenvalue weighted by Gasteiger charge is 2.02. The Bertz CT molecular complexity index is 648. The van der Waals surface area contributed by atoms with Crippen LogP contribution in [-0.2, 0) is 6.54 Å². The summed E-state index contributed by atoms with van der Waals surface area (Å²) in [5.74, 6) is 0. The predicted molar refractivity (Wildman–Crippen MR) is 88.0 cm³/mol. The number of halogens is 3. The van der Waals surface area contributed by atoms with Crippen molar-refractivity contribution in [3.8, 4) is 6.07 Å². The molecule has 2 nitrogen and oxygen atoms in total. The number of benzene rings is 2. The van der Waals surface area contributed by atoms with Crippen molar-refractivity contribution < 1.29 is 0 Å². The van der Waals surface area contributed by atoms with E-state index in [0.717, 1.165) is 25.7 Å². The van der Waals surface area contributed by atoms with Crippen LogP contribution in [0.25, 0.3) is 0 Å². The van der Waals surface area contributed by atoms with Crippen LogP contribution in [0.3, 0.4) is 0 Å². The first-order valence-corrected chi connectivity index (χ1v) is 7.85. The molecule has 0 fully saturated rings. The van der Waals surface area contributed by atoms with Crippen LogP contribution in [0.5, 0.6) is 0 Å². The Morgan fingerprint density at radius 2 is 1.74 bits per heavy atom. The van der Waals surface area contributed by atoms with Gasteiger partial charge in [0.05, 0.1) is 11.6 Å². The van der Waals surface area contributed by atoms with Gasteiger partial charge in [0.15, 0.2) is 0 Å². The molecule has 0 bridgehead atoms. The van der Waals surface area contributed by atoms with Gasteiger partial charge in [0, 0.05) is 25.7 Å². The molecular weight excluding hydrogens is 436 g/mol. The van der Waals surface area contributed by atoms with Crippen LogP contribution in [0.15, 0.2) is 49.8 Å². The first kappa shape index (κ1) is 14.6. The Labute approximate surface area is 137 Å². The average Bonchev–Trinajstić information content (AvgIpc) is 2.41. The van der Waals surface area contributed by atoms with Gasteiger partial charge in [0.1, 0.15) is 0 Å². The molecule has 0 amide bonds. The van der Waals surface area contributed by atoms with Crippen molar-refractivity contribution in [1.82, 2.24) is 0 Å². The van der Waals surface area contributed by atoms with Crippen molar-refractivity contribution in [2.24, 2.45) is 0 Å². The lowest BCUT2D eigenvalue weighted by Crippen LogP contribution is -2.00. The van der Waals surface area contributed by atoms with Gasteiger partial charge in [-0.25, -0.2) is 0 Å². The van der Waals surface area contributed by atoms with E-state index >= 15 is 0 Å². The molecule has 0 aliphatic heterocycles. The molecule has 2 aromatic carbocycles.